The zero-order valence-corrected chi connectivity index (χ0v) is 16.9. The third-order valence-corrected chi connectivity index (χ3v) is 2.39. The normalized spacial score (nSPS) is 9.44. The van der Waals surface area contributed by atoms with Gasteiger partial charge in [-0.2, -0.15) is 0 Å². The van der Waals surface area contributed by atoms with Crippen molar-refractivity contribution in [2.75, 3.05) is 0 Å². The first-order chi connectivity index (χ1) is 11.7. The van der Waals surface area contributed by atoms with E-state index < -0.39 is 11.7 Å². The number of nitrogens with one attached hydrogen (secondary N) is 2. The number of hydrogen-bond donors (Lipinski definition) is 2. The maximum absolute atomic E-state index is 11.8. The molecule has 1 aromatic rings. The summed E-state index contributed by atoms with van der Waals surface area (Å²) in [5, 5.41) is 4.90. The number of benzene rings is 1. The van der Waals surface area contributed by atoms with Crippen LogP contribution in [0.15, 0.2) is 36.7 Å². The minimum absolute atomic E-state index is 0.0990. The van der Waals surface area contributed by atoms with Crippen molar-refractivity contribution in [3.63, 3.8) is 0 Å². The lowest BCUT2D eigenvalue weighted by atomic mass is 10.1. The van der Waals surface area contributed by atoms with Gasteiger partial charge in [0.05, 0.1) is 6.42 Å². The van der Waals surface area contributed by atoms with Crippen LogP contribution in [0.3, 0.4) is 0 Å². The van der Waals surface area contributed by atoms with Gasteiger partial charge < -0.3 is 10.1 Å². The molecule has 0 aliphatic heterocycles. The largest absolute Gasteiger partial charge is 0.444 e. The Bertz CT molecular complexity index is 546. The molecule has 5 heteroatoms. The molecule has 0 fully saturated rings. The lowest BCUT2D eigenvalue weighted by molar-refractivity contribution is -0.119. The predicted octanol–water partition coefficient (Wildman–Crippen LogP) is 4.70. The fourth-order valence-corrected chi connectivity index (χ4v) is 1.68. The molecule has 0 saturated carbocycles. The molecule has 0 heterocycles. The molecule has 2 N–H and O–H groups in total. The number of hydrogen-bond acceptors (Lipinski definition) is 3. The summed E-state index contributed by atoms with van der Waals surface area (Å²) in [6.45, 7) is 18.8. The molecular weight excluding hydrogens is 316 g/mol. The smallest absolute Gasteiger partial charge is 0.413 e. The Morgan fingerprint density at radius 1 is 1.08 bits per heavy atom. The molecule has 0 radical (unpaired) electrons. The molecule has 0 atom stereocenters. The number of ether oxygens (including phenoxy) is 1. The Labute approximate surface area is 152 Å². The minimum atomic E-state index is -0.650. The van der Waals surface area contributed by atoms with E-state index in [4.69, 9.17) is 4.74 Å². The van der Waals surface area contributed by atoms with Crippen LogP contribution in [-0.4, -0.2) is 17.6 Å². The number of carbonyl (C=O) groups excluding carboxylic acids is 2. The molecule has 0 aliphatic carbocycles. The molecule has 5 nitrogen and oxygen atoms in total. The molecule has 0 aliphatic rings. The van der Waals surface area contributed by atoms with Crippen molar-refractivity contribution in [1.82, 2.24) is 10.6 Å². The second-order valence-corrected chi connectivity index (χ2v) is 5.82. The van der Waals surface area contributed by atoms with Crippen LogP contribution < -0.4 is 10.6 Å². The van der Waals surface area contributed by atoms with Crippen LogP contribution in [0.2, 0.25) is 0 Å². The van der Waals surface area contributed by atoms with Gasteiger partial charge in [-0.3, -0.25) is 10.1 Å². The highest BCUT2D eigenvalue weighted by Gasteiger charge is 2.17. The highest BCUT2D eigenvalue weighted by atomic mass is 16.6. The van der Waals surface area contributed by atoms with Gasteiger partial charge in [0, 0.05) is 0 Å². The summed E-state index contributed by atoms with van der Waals surface area (Å²) in [6.07, 6.45) is -0.431. The number of carbonyl (C=O) groups is 2. The van der Waals surface area contributed by atoms with Gasteiger partial charge in [-0.1, -0.05) is 64.1 Å². The van der Waals surface area contributed by atoms with Gasteiger partial charge in [0.25, 0.3) is 0 Å². The van der Waals surface area contributed by atoms with E-state index in [1.165, 1.54) is 0 Å². The van der Waals surface area contributed by atoms with Gasteiger partial charge in [0.1, 0.15) is 11.4 Å². The Balaban J connectivity index is 0. The van der Waals surface area contributed by atoms with Crippen molar-refractivity contribution in [2.45, 2.75) is 67.4 Å². The molecule has 25 heavy (non-hydrogen) atoms. The molecule has 2 amide bonds. The van der Waals surface area contributed by atoms with Gasteiger partial charge in [-0.25, -0.2) is 4.79 Å². The van der Waals surface area contributed by atoms with Crippen molar-refractivity contribution in [3.05, 3.63) is 47.8 Å². The average Bonchev–Trinajstić information content (AvgIpc) is 2.48. The van der Waals surface area contributed by atoms with E-state index in [0.717, 1.165) is 11.1 Å². The van der Waals surface area contributed by atoms with Gasteiger partial charge >= 0.3 is 6.09 Å². The zero-order chi connectivity index (χ0) is 20.0. The first-order valence-electron chi connectivity index (χ1n) is 8.70. The Hall–Kier alpha value is -2.30. The standard InChI is InChI=1S/C16H22N2O3.2C2H6/c1-11-7-6-8-13(9-11)10-14(19)17-12(2)18-15(20)21-16(3,4)5;2*1-2/h6-9H,2,10H2,1,3-5H3,(H,17,19)(H,18,20);2*1-2H3. The molecule has 0 aromatic heterocycles. The van der Waals surface area contributed by atoms with Crippen LogP contribution in [0, 0.1) is 6.92 Å². The average molecular weight is 351 g/mol. The van der Waals surface area contributed by atoms with E-state index in [-0.39, 0.29) is 18.1 Å². The van der Waals surface area contributed by atoms with E-state index in [0.29, 0.717) is 0 Å². The lowest BCUT2D eigenvalue weighted by Crippen LogP contribution is -2.38. The lowest BCUT2D eigenvalue weighted by Gasteiger charge is -2.20. The highest BCUT2D eigenvalue weighted by molar-refractivity contribution is 5.81. The Kier molecular flexibility index (Phi) is 13.0. The monoisotopic (exact) mass is 350 g/mol. The molecule has 1 aromatic carbocycles. The van der Waals surface area contributed by atoms with E-state index in [1.807, 2.05) is 58.9 Å². The van der Waals surface area contributed by atoms with Gasteiger partial charge in [-0.15, -0.1) is 0 Å². The topological polar surface area (TPSA) is 67.4 Å². The molecule has 0 spiro atoms. The van der Waals surface area contributed by atoms with E-state index in [2.05, 4.69) is 17.2 Å². The Morgan fingerprint density at radius 3 is 2.12 bits per heavy atom. The third kappa shape index (κ3) is 13.8. The fourth-order valence-electron chi connectivity index (χ4n) is 1.68. The minimum Gasteiger partial charge on any atom is -0.444 e. The summed E-state index contributed by atoms with van der Waals surface area (Å²) in [7, 11) is 0. The second-order valence-electron chi connectivity index (χ2n) is 5.82. The number of aryl methyl sites for hydroxylation is 1. The third-order valence-electron chi connectivity index (χ3n) is 2.39. The fraction of sp³-hybridized carbons (Fsp3) is 0.500. The number of amides is 2. The zero-order valence-electron chi connectivity index (χ0n) is 16.9. The van der Waals surface area contributed by atoms with Gasteiger partial charge in [0.15, 0.2) is 0 Å². The summed E-state index contributed by atoms with van der Waals surface area (Å²) >= 11 is 0. The first-order valence-corrected chi connectivity index (χ1v) is 8.70. The van der Waals surface area contributed by atoms with Crippen LogP contribution in [0.4, 0.5) is 4.79 Å². The van der Waals surface area contributed by atoms with Crippen LogP contribution in [0.5, 0.6) is 0 Å². The molecule has 0 bridgehead atoms. The first kappa shape index (κ1) is 24.9. The van der Waals surface area contributed by atoms with Crippen LogP contribution >= 0.6 is 0 Å². The molecule has 142 valence electrons. The van der Waals surface area contributed by atoms with Crippen LogP contribution in [-0.2, 0) is 16.0 Å². The van der Waals surface area contributed by atoms with Gasteiger partial charge in [0.2, 0.25) is 5.91 Å². The molecule has 0 saturated heterocycles. The molecule has 1 rings (SSSR count). The molecule has 0 unspecified atom stereocenters. The van der Waals surface area contributed by atoms with Crippen molar-refractivity contribution < 1.29 is 14.3 Å². The maximum atomic E-state index is 11.8. The predicted molar refractivity (Wildman–Crippen MR) is 104 cm³/mol. The second kappa shape index (κ2) is 13.0. The van der Waals surface area contributed by atoms with Crippen LogP contribution in [0.25, 0.3) is 0 Å². The molecular formula is C20H34N2O3. The number of alkyl carbamates (subject to hydrolysis) is 1. The van der Waals surface area contributed by atoms with Crippen LogP contribution in [0.1, 0.15) is 59.6 Å². The van der Waals surface area contributed by atoms with Crippen molar-refractivity contribution in [3.8, 4) is 0 Å². The van der Waals surface area contributed by atoms with Crippen molar-refractivity contribution in [2.24, 2.45) is 0 Å². The number of rotatable bonds is 4. The quantitative estimate of drug-likeness (QED) is 0.827. The van der Waals surface area contributed by atoms with Gasteiger partial charge in [-0.05, 0) is 33.3 Å². The summed E-state index contributed by atoms with van der Waals surface area (Å²) in [4.78, 5) is 23.3. The van der Waals surface area contributed by atoms with Crippen molar-refractivity contribution >= 4 is 12.0 Å². The van der Waals surface area contributed by atoms with E-state index >= 15 is 0 Å². The van der Waals surface area contributed by atoms with Crippen molar-refractivity contribution in [1.29, 1.82) is 0 Å². The Morgan fingerprint density at radius 2 is 1.64 bits per heavy atom. The summed E-state index contributed by atoms with van der Waals surface area (Å²) in [5.74, 6) is -0.149. The van der Waals surface area contributed by atoms with E-state index in [9.17, 15) is 9.59 Å². The summed E-state index contributed by atoms with van der Waals surface area (Å²) in [5.41, 5.74) is 1.39. The highest BCUT2D eigenvalue weighted by Crippen LogP contribution is 2.07. The van der Waals surface area contributed by atoms with E-state index in [1.54, 1.807) is 20.8 Å². The maximum Gasteiger partial charge on any atom is 0.413 e. The summed E-state index contributed by atoms with van der Waals surface area (Å²) in [6, 6.07) is 7.66. The SMILES string of the molecule is C=C(NC(=O)Cc1cccc(C)c1)NC(=O)OC(C)(C)C.CC.CC. The summed E-state index contributed by atoms with van der Waals surface area (Å²) < 4.78 is 5.06.